The van der Waals surface area contributed by atoms with Crippen molar-refractivity contribution in [2.75, 3.05) is 0 Å². The fraction of sp³-hybridized carbons (Fsp3) is 0.111. The van der Waals surface area contributed by atoms with Gasteiger partial charge in [0, 0.05) is 11.5 Å². The van der Waals surface area contributed by atoms with Crippen LogP contribution in [0.4, 0.5) is 0 Å². The summed E-state index contributed by atoms with van der Waals surface area (Å²) in [4.78, 5) is 14.8. The Morgan fingerprint density at radius 3 is 2.92 bits per heavy atom. The normalized spacial score (nSPS) is 10.6. The summed E-state index contributed by atoms with van der Waals surface area (Å²) < 4.78 is 2.68. The molecule has 0 saturated carbocycles. The quantitative estimate of drug-likeness (QED) is 0.714. The maximum Gasteiger partial charge on any atom is 0.185 e. The molecule has 0 fully saturated rings. The number of rotatable bonds is 1. The first-order valence-corrected chi connectivity index (χ1v) is 4.59. The Balaban J connectivity index is 2.91. The number of carbonyl (C=O) groups excluding carboxylic acids is 1. The largest absolute Gasteiger partial charge is 0.325 e. The van der Waals surface area contributed by atoms with Gasteiger partial charge in [0.2, 0.25) is 0 Å². The number of aromatic nitrogens is 2. The number of aldehydes is 1. The summed E-state index contributed by atoms with van der Waals surface area (Å²) in [7, 11) is 1.82. The van der Waals surface area contributed by atoms with E-state index in [-0.39, 0.29) is 0 Å². The van der Waals surface area contributed by atoms with Gasteiger partial charge in [-0.1, -0.05) is 6.07 Å². The number of imidazole rings is 1. The molecular weight excluding hydrogens is 232 g/mol. The van der Waals surface area contributed by atoms with Crippen LogP contribution in [0.25, 0.3) is 11.0 Å². The molecule has 0 spiro atoms. The molecule has 3 nitrogen and oxygen atoms in total. The number of para-hydroxylation sites is 1. The highest BCUT2D eigenvalue weighted by molar-refractivity contribution is 9.10. The van der Waals surface area contributed by atoms with E-state index in [9.17, 15) is 4.79 Å². The number of nitrogens with zero attached hydrogens (tertiary/aromatic N) is 2. The summed E-state index contributed by atoms with van der Waals surface area (Å²) in [6.45, 7) is 0. The lowest BCUT2D eigenvalue weighted by atomic mass is 10.3. The average molecular weight is 239 g/mol. The molecular formula is C9H7BrN2O. The van der Waals surface area contributed by atoms with Gasteiger partial charge < -0.3 is 4.57 Å². The molecule has 0 radical (unpaired) electrons. The summed E-state index contributed by atoms with van der Waals surface area (Å²) >= 11 is 3.38. The van der Waals surface area contributed by atoms with Crippen molar-refractivity contribution < 1.29 is 4.79 Å². The Kier molecular flexibility index (Phi) is 1.92. The fourth-order valence-corrected chi connectivity index (χ4v) is 1.75. The van der Waals surface area contributed by atoms with E-state index in [1.165, 1.54) is 0 Å². The number of carbonyl (C=O) groups is 1. The van der Waals surface area contributed by atoms with Gasteiger partial charge in [-0.05, 0) is 28.1 Å². The predicted molar refractivity (Wildman–Crippen MR) is 53.8 cm³/mol. The van der Waals surface area contributed by atoms with Crippen LogP contribution in [-0.2, 0) is 7.05 Å². The molecule has 0 atom stereocenters. The Morgan fingerprint density at radius 2 is 2.31 bits per heavy atom. The van der Waals surface area contributed by atoms with Crippen LogP contribution < -0.4 is 0 Å². The summed E-state index contributed by atoms with van der Waals surface area (Å²) in [6, 6.07) is 5.76. The Bertz CT molecular complexity index is 476. The Labute approximate surface area is 83.5 Å². The van der Waals surface area contributed by atoms with Crippen molar-refractivity contribution in [1.29, 1.82) is 0 Å². The van der Waals surface area contributed by atoms with Crippen molar-refractivity contribution in [3.05, 3.63) is 28.5 Å². The zero-order chi connectivity index (χ0) is 9.42. The minimum Gasteiger partial charge on any atom is -0.325 e. The van der Waals surface area contributed by atoms with Crippen molar-refractivity contribution in [3.8, 4) is 0 Å². The molecule has 2 rings (SSSR count). The van der Waals surface area contributed by atoms with Crippen molar-refractivity contribution in [2.45, 2.75) is 0 Å². The van der Waals surface area contributed by atoms with E-state index >= 15 is 0 Å². The molecule has 0 N–H and O–H groups in total. The van der Waals surface area contributed by atoms with E-state index in [0.717, 1.165) is 21.8 Å². The van der Waals surface area contributed by atoms with E-state index in [4.69, 9.17) is 0 Å². The molecule has 0 bridgehead atoms. The van der Waals surface area contributed by atoms with Gasteiger partial charge in [-0.3, -0.25) is 4.79 Å². The van der Waals surface area contributed by atoms with E-state index < -0.39 is 0 Å². The molecule has 0 amide bonds. The maximum atomic E-state index is 10.6. The topological polar surface area (TPSA) is 34.9 Å². The molecule has 4 heteroatoms. The van der Waals surface area contributed by atoms with Crippen LogP contribution in [0, 0.1) is 0 Å². The highest BCUT2D eigenvalue weighted by Crippen LogP contribution is 2.22. The first-order chi connectivity index (χ1) is 6.24. The molecule has 0 saturated heterocycles. The highest BCUT2D eigenvalue weighted by atomic mass is 79.9. The Morgan fingerprint density at radius 1 is 1.54 bits per heavy atom. The molecule has 1 aromatic heterocycles. The van der Waals surface area contributed by atoms with E-state index in [0.29, 0.717) is 5.82 Å². The number of hydrogen-bond donors (Lipinski definition) is 0. The van der Waals surface area contributed by atoms with Gasteiger partial charge >= 0.3 is 0 Å². The van der Waals surface area contributed by atoms with Gasteiger partial charge in [-0.2, -0.15) is 0 Å². The summed E-state index contributed by atoms with van der Waals surface area (Å²) in [6.07, 6.45) is 0.756. The molecule has 0 aliphatic carbocycles. The summed E-state index contributed by atoms with van der Waals surface area (Å²) in [5.74, 6) is 0.446. The first-order valence-electron chi connectivity index (χ1n) is 3.80. The molecule has 0 unspecified atom stereocenters. The molecule has 1 heterocycles. The van der Waals surface area contributed by atoms with Gasteiger partial charge in [0.15, 0.2) is 12.1 Å². The molecule has 13 heavy (non-hydrogen) atoms. The van der Waals surface area contributed by atoms with Crippen molar-refractivity contribution >= 4 is 33.2 Å². The van der Waals surface area contributed by atoms with Gasteiger partial charge in [-0.15, -0.1) is 0 Å². The SMILES string of the molecule is Cn1c(C=O)nc2c(Br)cccc21. The van der Waals surface area contributed by atoms with Gasteiger partial charge in [0.05, 0.1) is 5.52 Å². The van der Waals surface area contributed by atoms with Crippen LogP contribution in [-0.4, -0.2) is 15.8 Å². The van der Waals surface area contributed by atoms with Crippen molar-refractivity contribution in [2.24, 2.45) is 7.05 Å². The number of aryl methyl sites for hydroxylation is 1. The number of benzene rings is 1. The van der Waals surface area contributed by atoms with Gasteiger partial charge in [-0.25, -0.2) is 4.98 Å². The lowest BCUT2D eigenvalue weighted by Gasteiger charge is -1.95. The third kappa shape index (κ3) is 1.18. The third-order valence-electron chi connectivity index (χ3n) is 2.00. The number of fused-ring (bicyclic) bond motifs is 1. The minimum atomic E-state index is 0.446. The monoisotopic (exact) mass is 238 g/mol. The van der Waals surface area contributed by atoms with Gasteiger partial charge in [0.25, 0.3) is 0 Å². The second-order valence-corrected chi connectivity index (χ2v) is 3.61. The predicted octanol–water partition coefficient (Wildman–Crippen LogP) is 2.15. The minimum absolute atomic E-state index is 0.446. The molecule has 0 aliphatic rings. The first kappa shape index (κ1) is 8.44. The fourth-order valence-electron chi connectivity index (χ4n) is 1.30. The third-order valence-corrected chi connectivity index (χ3v) is 2.64. The van der Waals surface area contributed by atoms with Crippen molar-refractivity contribution in [3.63, 3.8) is 0 Å². The lowest BCUT2D eigenvalue weighted by Crippen LogP contribution is -1.94. The summed E-state index contributed by atoms with van der Waals surface area (Å²) in [5.41, 5.74) is 1.78. The Hall–Kier alpha value is -1.16. The molecule has 2 aromatic rings. The van der Waals surface area contributed by atoms with E-state index in [2.05, 4.69) is 20.9 Å². The molecule has 0 aliphatic heterocycles. The van der Waals surface area contributed by atoms with Crippen LogP contribution in [0.5, 0.6) is 0 Å². The van der Waals surface area contributed by atoms with E-state index in [1.807, 2.05) is 25.2 Å². The van der Waals surface area contributed by atoms with Crippen LogP contribution >= 0.6 is 15.9 Å². The molecule has 1 aromatic carbocycles. The van der Waals surface area contributed by atoms with Crippen LogP contribution in [0.15, 0.2) is 22.7 Å². The summed E-state index contributed by atoms with van der Waals surface area (Å²) in [5, 5.41) is 0. The van der Waals surface area contributed by atoms with Gasteiger partial charge in [0.1, 0.15) is 5.52 Å². The highest BCUT2D eigenvalue weighted by Gasteiger charge is 2.07. The lowest BCUT2D eigenvalue weighted by molar-refractivity contribution is 0.111. The smallest absolute Gasteiger partial charge is 0.185 e. The van der Waals surface area contributed by atoms with E-state index in [1.54, 1.807) is 4.57 Å². The zero-order valence-electron chi connectivity index (χ0n) is 6.99. The van der Waals surface area contributed by atoms with Crippen molar-refractivity contribution in [1.82, 2.24) is 9.55 Å². The number of halogens is 1. The second-order valence-electron chi connectivity index (χ2n) is 2.75. The number of hydrogen-bond acceptors (Lipinski definition) is 2. The molecule has 66 valence electrons. The average Bonchev–Trinajstić information content (AvgIpc) is 2.45. The second kappa shape index (κ2) is 2.96. The standard InChI is InChI=1S/C9H7BrN2O/c1-12-7-4-2-3-6(10)9(7)11-8(12)5-13/h2-5H,1H3. The van der Waals surface area contributed by atoms with Crippen LogP contribution in [0.2, 0.25) is 0 Å². The maximum absolute atomic E-state index is 10.6. The van der Waals surface area contributed by atoms with Crippen LogP contribution in [0.3, 0.4) is 0 Å². The zero-order valence-corrected chi connectivity index (χ0v) is 8.58. The van der Waals surface area contributed by atoms with Crippen LogP contribution in [0.1, 0.15) is 10.6 Å².